The van der Waals surface area contributed by atoms with Gasteiger partial charge in [-0.05, 0) is 18.9 Å². The van der Waals surface area contributed by atoms with E-state index in [2.05, 4.69) is 24.1 Å². The molecule has 1 fully saturated rings. The molecule has 2 nitrogen and oxygen atoms in total. The van der Waals surface area contributed by atoms with Crippen molar-refractivity contribution in [3.8, 4) is 0 Å². The van der Waals surface area contributed by atoms with E-state index in [0.717, 1.165) is 19.6 Å². The first-order chi connectivity index (χ1) is 7.38. The molecule has 0 aromatic carbocycles. The van der Waals surface area contributed by atoms with Gasteiger partial charge < -0.3 is 10.2 Å². The van der Waals surface area contributed by atoms with E-state index >= 15 is 0 Å². The van der Waals surface area contributed by atoms with Crippen LogP contribution in [0.4, 0.5) is 13.2 Å². The molecule has 0 bridgehead atoms. The van der Waals surface area contributed by atoms with Gasteiger partial charge in [0.25, 0.3) is 0 Å². The molecule has 1 aliphatic rings. The summed E-state index contributed by atoms with van der Waals surface area (Å²) in [5, 5.41) is 3.39. The number of nitrogens with zero attached hydrogens (tertiary/aromatic N) is 1. The van der Waals surface area contributed by atoms with Crippen molar-refractivity contribution >= 4 is 0 Å². The summed E-state index contributed by atoms with van der Waals surface area (Å²) < 4.78 is 36.0. The number of piperazine rings is 1. The van der Waals surface area contributed by atoms with Gasteiger partial charge in [0, 0.05) is 32.1 Å². The van der Waals surface area contributed by atoms with E-state index in [9.17, 15) is 13.2 Å². The van der Waals surface area contributed by atoms with Gasteiger partial charge in [-0.25, -0.2) is 0 Å². The third-order valence-corrected chi connectivity index (χ3v) is 3.03. The summed E-state index contributed by atoms with van der Waals surface area (Å²) in [5.41, 5.74) is 0. The lowest BCUT2D eigenvalue weighted by Crippen LogP contribution is -2.52. The van der Waals surface area contributed by atoms with Gasteiger partial charge >= 0.3 is 6.18 Å². The SMILES string of the molecule is CC(C)C1CN(CCCC(F)(F)F)CCN1. The van der Waals surface area contributed by atoms with Crippen molar-refractivity contribution in [1.29, 1.82) is 0 Å². The van der Waals surface area contributed by atoms with Crippen molar-refractivity contribution in [2.45, 2.75) is 38.9 Å². The normalized spacial score (nSPS) is 24.0. The van der Waals surface area contributed by atoms with Crippen LogP contribution in [0.15, 0.2) is 0 Å². The Morgan fingerprint density at radius 2 is 2.06 bits per heavy atom. The first-order valence-electron chi connectivity index (χ1n) is 5.91. The van der Waals surface area contributed by atoms with E-state index in [0.29, 0.717) is 18.5 Å². The number of hydrogen-bond acceptors (Lipinski definition) is 2. The summed E-state index contributed by atoms with van der Waals surface area (Å²) in [5.74, 6) is 0.533. The highest BCUT2D eigenvalue weighted by Crippen LogP contribution is 2.21. The fraction of sp³-hybridized carbons (Fsp3) is 1.00. The molecule has 96 valence electrons. The Labute approximate surface area is 95.2 Å². The summed E-state index contributed by atoms with van der Waals surface area (Å²) in [6.45, 7) is 7.45. The van der Waals surface area contributed by atoms with E-state index in [-0.39, 0.29) is 6.42 Å². The molecule has 0 saturated carbocycles. The minimum Gasteiger partial charge on any atom is -0.311 e. The maximum Gasteiger partial charge on any atom is 0.389 e. The van der Waals surface area contributed by atoms with Gasteiger partial charge in [-0.1, -0.05) is 13.8 Å². The van der Waals surface area contributed by atoms with Crippen molar-refractivity contribution in [2.24, 2.45) is 5.92 Å². The van der Waals surface area contributed by atoms with Crippen LogP contribution in [0.1, 0.15) is 26.7 Å². The number of halogens is 3. The van der Waals surface area contributed by atoms with Crippen LogP contribution in [-0.4, -0.2) is 43.3 Å². The molecule has 0 aromatic rings. The Kier molecular flexibility index (Phi) is 5.05. The highest BCUT2D eigenvalue weighted by Gasteiger charge is 2.27. The zero-order valence-electron chi connectivity index (χ0n) is 9.98. The monoisotopic (exact) mass is 238 g/mol. The maximum absolute atomic E-state index is 12.0. The van der Waals surface area contributed by atoms with E-state index in [1.54, 1.807) is 0 Å². The Hall–Kier alpha value is -0.290. The van der Waals surface area contributed by atoms with Crippen LogP contribution in [0, 0.1) is 5.92 Å². The molecule has 0 aromatic heterocycles. The van der Waals surface area contributed by atoms with Crippen molar-refractivity contribution in [3.05, 3.63) is 0 Å². The van der Waals surface area contributed by atoms with Gasteiger partial charge in [0.15, 0.2) is 0 Å². The molecule has 16 heavy (non-hydrogen) atoms. The Bertz CT molecular complexity index is 204. The first kappa shape index (κ1) is 13.8. The summed E-state index contributed by atoms with van der Waals surface area (Å²) in [7, 11) is 0. The summed E-state index contributed by atoms with van der Waals surface area (Å²) in [4.78, 5) is 2.13. The lowest BCUT2D eigenvalue weighted by atomic mass is 10.0. The second kappa shape index (κ2) is 5.87. The molecule has 1 rings (SSSR count). The zero-order chi connectivity index (χ0) is 12.2. The van der Waals surface area contributed by atoms with Crippen LogP contribution in [0.3, 0.4) is 0 Å². The number of alkyl halides is 3. The predicted octanol–water partition coefficient (Wildman–Crippen LogP) is 2.26. The molecule has 0 amide bonds. The van der Waals surface area contributed by atoms with Crippen LogP contribution < -0.4 is 5.32 Å². The minimum absolute atomic E-state index is 0.217. The van der Waals surface area contributed by atoms with Gasteiger partial charge in [0.1, 0.15) is 0 Å². The molecular formula is C11H21F3N2. The van der Waals surface area contributed by atoms with Gasteiger partial charge in [-0.3, -0.25) is 0 Å². The molecule has 0 aliphatic carbocycles. The van der Waals surface area contributed by atoms with Gasteiger partial charge in [-0.15, -0.1) is 0 Å². The van der Waals surface area contributed by atoms with E-state index < -0.39 is 12.6 Å². The van der Waals surface area contributed by atoms with Crippen LogP contribution in [0.2, 0.25) is 0 Å². The molecule has 1 saturated heterocycles. The van der Waals surface area contributed by atoms with Crippen molar-refractivity contribution in [2.75, 3.05) is 26.2 Å². The van der Waals surface area contributed by atoms with Gasteiger partial charge in [0.2, 0.25) is 0 Å². The molecule has 1 aliphatic heterocycles. The largest absolute Gasteiger partial charge is 0.389 e. The lowest BCUT2D eigenvalue weighted by Gasteiger charge is -2.35. The third kappa shape index (κ3) is 5.16. The molecule has 1 heterocycles. The van der Waals surface area contributed by atoms with Crippen molar-refractivity contribution in [1.82, 2.24) is 10.2 Å². The topological polar surface area (TPSA) is 15.3 Å². The van der Waals surface area contributed by atoms with Crippen molar-refractivity contribution in [3.63, 3.8) is 0 Å². The second-order valence-electron chi connectivity index (χ2n) is 4.82. The Balaban J connectivity index is 2.22. The second-order valence-corrected chi connectivity index (χ2v) is 4.82. The summed E-state index contributed by atoms with van der Waals surface area (Å²) in [6, 6.07) is 0.416. The molecule has 1 N–H and O–H groups in total. The maximum atomic E-state index is 12.0. The molecular weight excluding hydrogens is 217 g/mol. The van der Waals surface area contributed by atoms with Gasteiger partial charge in [0.05, 0.1) is 0 Å². The molecule has 5 heteroatoms. The molecule has 1 unspecified atom stereocenters. The highest BCUT2D eigenvalue weighted by molar-refractivity contribution is 4.80. The Morgan fingerprint density at radius 1 is 1.38 bits per heavy atom. The lowest BCUT2D eigenvalue weighted by molar-refractivity contribution is -0.136. The van der Waals surface area contributed by atoms with Crippen LogP contribution in [0.25, 0.3) is 0 Å². The number of rotatable bonds is 4. The molecule has 1 atom stereocenters. The predicted molar refractivity (Wildman–Crippen MR) is 58.4 cm³/mol. The Morgan fingerprint density at radius 3 is 2.62 bits per heavy atom. The average Bonchev–Trinajstić information content (AvgIpc) is 2.16. The first-order valence-corrected chi connectivity index (χ1v) is 5.91. The summed E-state index contributed by atoms with van der Waals surface area (Å²) >= 11 is 0. The van der Waals surface area contributed by atoms with Gasteiger partial charge in [-0.2, -0.15) is 13.2 Å². The standard InChI is InChI=1S/C11H21F3N2/c1-9(2)10-8-16(7-5-15-10)6-3-4-11(12,13)14/h9-10,15H,3-8H2,1-2H3. The highest BCUT2D eigenvalue weighted by atomic mass is 19.4. The van der Waals surface area contributed by atoms with E-state index in [1.807, 2.05) is 0 Å². The zero-order valence-corrected chi connectivity index (χ0v) is 9.98. The smallest absolute Gasteiger partial charge is 0.311 e. The molecule has 0 radical (unpaired) electrons. The molecule has 0 spiro atoms. The van der Waals surface area contributed by atoms with Crippen LogP contribution in [-0.2, 0) is 0 Å². The minimum atomic E-state index is -4.01. The third-order valence-electron chi connectivity index (χ3n) is 3.03. The fourth-order valence-electron chi connectivity index (χ4n) is 1.99. The average molecular weight is 238 g/mol. The van der Waals surface area contributed by atoms with E-state index in [4.69, 9.17) is 0 Å². The van der Waals surface area contributed by atoms with Crippen LogP contribution in [0.5, 0.6) is 0 Å². The quantitative estimate of drug-likeness (QED) is 0.808. The van der Waals surface area contributed by atoms with Crippen LogP contribution >= 0.6 is 0 Å². The van der Waals surface area contributed by atoms with E-state index in [1.165, 1.54) is 0 Å². The fourth-order valence-corrected chi connectivity index (χ4v) is 1.99. The number of hydrogen-bond donors (Lipinski definition) is 1. The van der Waals surface area contributed by atoms with Crippen molar-refractivity contribution < 1.29 is 13.2 Å². The summed E-state index contributed by atoms with van der Waals surface area (Å²) in [6.07, 6.45) is -4.46. The number of nitrogens with one attached hydrogen (secondary N) is 1.